The topological polar surface area (TPSA) is 75.4 Å². The predicted octanol–water partition coefficient (Wildman–Crippen LogP) is 2.39. The highest BCUT2D eigenvalue weighted by Crippen LogP contribution is 2.29. The van der Waals surface area contributed by atoms with Gasteiger partial charge in [0.1, 0.15) is 11.0 Å². The smallest absolute Gasteiger partial charge is 0.243 e. The van der Waals surface area contributed by atoms with E-state index in [1.807, 2.05) is 30.3 Å². The number of thioether (sulfide) groups is 1. The quantitative estimate of drug-likeness (QED) is 0.855. The van der Waals surface area contributed by atoms with E-state index < -0.39 is 0 Å². The van der Waals surface area contributed by atoms with Crippen molar-refractivity contribution in [1.82, 2.24) is 5.16 Å². The summed E-state index contributed by atoms with van der Waals surface area (Å²) in [5.74, 6) is 1.35. The highest BCUT2D eigenvalue weighted by Gasteiger charge is 2.21. The van der Waals surface area contributed by atoms with Gasteiger partial charge in [0, 0.05) is 11.8 Å². The van der Waals surface area contributed by atoms with Crippen molar-refractivity contribution >= 4 is 23.5 Å². The van der Waals surface area contributed by atoms with Crippen molar-refractivity contribution in [3.8, 4) is 0 Å². The van der Waals surface area contributed by atoms with Crippen LogP contribution in [0.5, 0.6) is 0 Å². The number of nitrogens with zero attached hydrogens (tertiary/aromatic N) is 1. The molecule has 1 aromatic heterocycles. The Hall–Kier alpha value is -1.79. The van der Waals surface area contributed by atoms with Crippen LogP contribution in [0.1, 0.15) is 16.6 Å². The molecule has 0 radical (unpaired) electrons. The zero-order chi connectivity index (χ0) is 14.4. The van der Waals surface area contributed by atoms with Crippen LogP contribution in [0.2, 0.25) is 0 Å². The number of aromatic nitrogens is 1. The molecule has 2 rings (SSSR count). The number of amides is 1. The van der Waals surface area contributed by atoms with E-state index in [1.54, 1.807) is 13.0 Å². The Balaban J connectivity index is 2.11. The van der Waals surface area contributed by atoms with Crippen LogP contribution in [-0.4, -0.2) is 28.5 Å². The summed E-state index contributed by atoms with van der Waals surface area (Å²) in [6.07, 6.45) is 0. The Bertz CT molecular complexity index is 557. The van der Waals surface area contributed by atoms with Gasteiger partial charge in [0.2, 0.25) is 5.91 Å². The van der Waals surface area contributed by atoms with Gasteiger partial charge in [-0.05, 0) is 12.5 Å². The molecule has 2 N–H and O–H groups in total. The number of carbonyl (C=O) groups is 1. The van der Waals surface area contributed by atoms with Crippen LogP contribution >= 0.6 is 11.8 Å². The van der Waals surface area contributed by atoms with Crippen molar-refractivity contribution in [2.45, 2.75) is 12.2 Å². The van der Waals surface area contributed by atoms with Gasteiger partial charge in [-0.3, -0.25) is 4.79 Å². The molecule has 0 spiro atoms. The number of nitrogens with one attached hydrogen (secondary N) is 1. The normalized spacial score (nSPS) is 12.1. The molecule has 20 heavy (non-hydrogen) atoms. The molecule has 0 saturated carbocycles. The lowest BCUT2D eigenvalue weighted by Crippen LogP contribution is -2.19. The number of hydrogen-bond acceptors (Lipinski definition) is 5. The van der Waals surface area contributed by atoms with E-state index in [-0.39, 0.29) is 17.8 Å². The Kier molecular flexibility index (Phi) is 5.20. The zero-order valence-corrected chi connectivity index (χ0v) is 11.9. The molecule has 0 aliphatic carbocycles. The SMILES string of the molecule is Cc1cc(NC(=O)[C@H](SCCO)c2ccccc2)no1. The van der Waals surface area contributed by atoms with Gasteiger partial charge in [0.25, 0.3) is 0 Å². The molecule has 5 nitrogen and oxygen atoms in total. The van der Waals surface area contributed by atoms with Crippen molar-refractivity contribution < 1.29 is 14.4 Å². The number of hydrogen-bond donors (Lipinski definition) is 2. The molecular weight excluding hydrogens is 276 g/mol. The molecule has 0 bridgehead atoms. The third kappa shape index (κ3) is 3.85. The number of benzene rings is 1. The molecule has 0 fully saturated rings. The van der Waals surface area contributed by atoms with Crippen LogP contribution in [0.4, 0.5) is 5.82 Å². The first-order valence-electron chi connectivity index (χ1n) is 6.22. The van der Waals surface area contributed by atoms with Gasteiger partial charge in [-0.2, -0.15) is 0 Å². The van der Waals surface area contributed by atoms with Gasteiger partial charge in [-0.25, -0.2) is 0 Å². The number of aliphatic hydroxyl groups is 1. The first-order valence-corrected chi connectivity index (χ1v) is 7.27. The van der Waals surface area contributed by atoms with Crippen molar-refractivity contribution in [3.63, 3.8) is 0 Å². The third-order valence-corrected chi connectivity index (χ3v) is 3.83. The number of aryl methyl sites for hydroxylation is 1. The van der Waals surface area contributed by atoms with Gasteiger partial charge in [0.05, 0.1) is 6.61 Å². The molecule has 0 aliphatic rings. The third-order valence-electron chi connectivity index (χ3n) is 2.60. The van der Waals surface area contributed by atoms with Gasteiger partial charge >= 0.3 is 0 Å². The van der Waals surface area contributed by atoms with Gasteiger partial charge in [-0.1, -0.05) is 35.5 Å². The molecule has 0 unspecified atom stereocenters. The van der Waals surface area contributed by atoms with Gasteiger partial charge in [-0.15, -0.1) is 11.8 Å². The lowest BCUT2D eigenvalue weighted by Gasteiger charge is -2.15. The number of aliphatic hydroxyl groups excluding tert-OH is 1. The molecule has 1 amide bonds. The van der Waals surface area contributed by atoms with Crippen LogP contribution < -0.4 is 5.32 Å². The van der Waals surface area contributed by atoms with Crippen molar-refractivity contribution in [2.24, 2.45) is 0 Å². The van der Waals surface area contributed by atoms with E-state index in [9.17, 15) is 4.79 Å². The monoisotopic (exact) mass is 292 g/mol. The summed E-state index contributed by atoms with van der Waals surface area (Å²) in [4.78, 5) is 12.3. The zero-order valence-electron chi connectivity index (χ0n) is 11.1. The maximum Gasteiger partial charge on any atom is 0.243 e. The molecule has 1 heterocycles. The Morgan fingerprint density at radius 2 is 2.20 bits per heavy atom. The van der Waals surface area contributed by atoms with E-state index >= 15 is 0 Å². The van der Waals surface area contributed by atoms with Crippen LogP contribution in [0.15, 0.2) is 40.9 Å². The Labute approximate surface area is 121 Å². The average Bonchev–Trinajstić information content (AvgIpc) is 2.86. The lowest BCUT2D eigenvalue weighted by atomic mass is 10.1. The maximum atomic E-state index is 12.3. The summed E-state index contributed by atoms with van der Waals surface area (Å²) >= 11 is 1.39. The fraction of sp³-hybridized carbons (Fsp3) is 0.286. The summed E-state index contributed by atoms with van der Waals surface area (Å²) in [7, 11) is 0. The summed E-state index contributed by atoms with van der Waals surface area (Å²) in [5.41, 5.74) is 0.892. The van der Waals surface area contributed by atoms with Crippen LogP contribution in [0, 0.1) is 6.92 Å². The van der Waals surface area contributed by atoms with E-state index in [0.29, 0.717) is 17.3 Å². The van der Waals surface area contributed by atoms with E-state index in [2.05, 4.69) is 10.5 Å². The van der Waals surface area contributed by atoms with Crippen LogP contribution in [0.25, 0.3) is 0 Å². The fourth-order valence-electron chi connectivity index (χ4n) is 1.74. The Morgan fingerprint density at radius 3 is 2.80 bits per heavy atom. The molecule has 6 heteroatoms. The summed E-state index contributed by atoms with van der Waals surface area (Å²) < 4.78 is 4.92. The fourth-order valence-corrected chi connectivity index (χ4v) is 2.64. The lowest BCUT2D eigenvalue weighted by molar-refractivity contribution is -0.115. The second kappa shape index (κ2) is 7.12. The molecule has 0 aliphatic heterocycles. The summed E-state index contributed by atoms with van der Waals surface area (Å²) in [5, 5.41) is 15.0. The first-order chi connectivity index (χ1) is 9.70. The standard InChI is InChI=1S/C14H16N2O3S/c1-10-9-12(16-19-10)15-14(18)13(20-8-7-17)11-5-3-2-4-6-11/h2-6,9,13,17H,7-8H2,1H3,(H,15,16,18)/t13-/m1/s1. The van der Waals surface area contributed by atoms with E-state index in [1.165, 1.54) is 11.8 Å². The average molecular weight is 292 g/mol. The first kappa shape index (κ1) is 14.6. The van der Waals surface area contributed by atoms with Crippen LogP contribution in [0.3, 0.4) is 0 Å². The van der Waals surface area contributed by atoms with Crippen molar-refractivity contribution in [1.29, 1.82) is 0 Å². The number of rotatable bonds is 6. The second-order valence-electron chi connectivity index (χ2n) is 4.20. The Morgan fingerprint density at radius 1 is 1.45 bits per heavy atom. The number of anilines is 1. The minimum Gasteiger partial charge on any atom is -0.396 e. The summed E-state index contributed by atoms with van der Waals surface area (Å²) in [6, 6.07) is 11.1. The minimum atomic E-state index is -0.389. The highest BCUT2D eigenvalue weighted by atomic mass is 32.2. The molecule has 0 saturated heterocycles. The molecular formula is C14H16N2O3S. The molecule has 2 aromatic rings. The maximum absolute atomic E-state index is 12.3. The van der Waals surface area contributed by atoms with Crippen molar-refractivity contribution in [3.05, 3.63) is 47.7 Å². The van der Waals surface area contributed by atoms with E-state index in [4.69, 9.17) is 9.63 Å². The van der Waals surface area contributed by atoms with Crippen LogP contribution in [-0.2, 0) is 4.79 Å². The largest absolute Gasteiger partial charge is 0.396 e. The van der Waals surface area contributed by atoms with Crippen molar-refractivity contribution in [2.75, 3.05) is 17.7 Å². The number of carbonyl (C=O) groups excluding carboxylic acids is 1. The molecule has 1 aromatic carbocycles. The predicted molar refractivity (Wildman–Crippen MR) is 78.6 cm³/mol. The second-order valence-corrected chi connectivity index (χ2v) is 5.41. The van der Waals surface area contributed by atoms with Gasteiger partial charge < -0.3 is 14.9 Å². The van der Waals surface area contributed by atoms with Gasteiger partial charge in [0.15, 0.2) is 5.82 Å². The molecule has 1 atom stereocenters. The van der Waals surface area contributed by atoms with E-state index in [0.717, 1.165) is 5.56 Å². The highest BCUT2D eigenvalue weighted by molar-refractivity contribution is 8.00. The molecule has 106 valence electrons. The summed E-state index contributed by atoms with van der Waals surface area (Å²) in [6.45, 7) is 1.79. The minimum absolute atomic E-state index is 0.0321.